The Balaban J connectivity index is 4.13. The van der Waals surface area contributed by atoms with Crippen molar-refractivity contribution in [1.29, 1.82) is 0 Å². The van der Waals surface area contributed by atoms with E-state index in [9.17, 15) is 0 Å². The Bertz CT molecular complexity index is 143. The van der Waals surface area contributed by atoms with Gasteiger partial charge in [0.2, 0.25) is 0 Å². The summed E-state index contributed by atoms with van der Waals surface area (Å²) in [5.41, 5.74) is 1.65. The van der Waals surface area contributed by atoms with Crippen LogP contribution in [0.15, 0.2) is 4.99 Å². The maximum atomic E-state index is 4.17. The summed E-state index contributed by atoms with van der Waals surface area (Å²) in [5.74, 6) is 0.721. The highest BCUT2D eigenvalue weighted by atomic mass is 14.7. The summed E-state index contributed by atoms with van der Waals surface area (Å²) in [4.78, 5) is 4.17. The first kappa shape index (κ1) is 10.7. The number of rotatable bonds is 3. The van der Waals surface area contributed by atoms with E-state index in [4.69, 9.17) is 0 Å². The largest absolute Gasteiger partial charge is 0.298 e. The molecule has 0 aromatic carbocycles. The molecule has 11 heavy (non-hydrogen) atoms. The molecule has 0 aromatic rings. The summed E-state index contributed by atoms with van der Waals surface area (Å²) in [5, 5.41) is 0. The van der Waals surface area contributed by atoms with Crippen LogP contribution in [0.2, 0.25) is 0 Å². The minimum Gasteiger partial charge on any atom is -0.298 e. The highest BCUT2D eigenvalue weighted by Crippen LogP contribution is 2.30. The van der Waals surface area contributed by atoms with Crippen LogP contribution < -0.4 is 0 Å². The quantitative estimate of drug-likeness (QED) is 0.555. The Morgan fingerprint density at radius 1 is 1.36 bits per heavy atom. The molecule has 0 fully saturated rings. The molecule has 1 nitrogen and oxygen atoms in total. The maximum Gasteiger partial charge on any atom is 0.0276 e. The molecule has 0 saturated carbocycles. The predicted octanol–water partition coefficient (Wildman–Crippen LogP) is 3.15. The Morgan fingerprint density at radius 2 is 1.82 bits per heavy atom. The van der Waals surface area contributed by atoms with E-state index < -0.39 is 0 Å². The second-order valence-electron chi connectivity index (χ2n) is 4.28. The van der Waals surface area contributed by atoms with Gasteiger partial charge in [-0.2, -0.15) is 0 Å². The van der Waals surface area contributed by atoms with Gasteiger partial charge in [0.05, 0.1) is 0 Å². The van der Waals surface area contributed by atoms with Crippen molar-refractivity contribution >= 4 is 5.71 Å². The molecule has 0 aliphatic heterocycles. The minimum absolute atomic E-state index is 0.392. The summed E-state index contributed by atoms with van der Waals surface area (Å²) in [6.45, 7) is 11.2. The summed E-state index contributed by atoms with van der Waals surface area (Å²) >= 11 is 0. The van der Waals surface area contributed by atoms with Gasteiger partial charge in [0, 0.05) is 12.8 Å². The molecule has 0 bridgehead atoms. The van der Waals surface area contributed by atoms with Gasteiger partial charge in [0.15, 0.2) is 0 Å². The van der Waals surface area contributed by atoms with Crippen LogP contribution in [0.25, 0.3) is 0 Å². The second kappa shape index (κ2) is 3.89. The van der Waals surface area contributed by atoms with Crippen molar-refractivity contribution in [1.82, 2.24) is 0 Å². The van der Waals surface area contributed by atoms with E-state index in [0.29, 0.717) is 5.41 Å². The third-order valence-electron chi connectivity index (χ3n) is 2.66. The molecular formula is C10H21N. The van der Waals surface area contributed by atoms with Crippen LogP contribution in [0.1, 0.15) is 41.0 Å². The lowest BCUT2D eigenvalue weighted by Gasteiger charge is -2.28. The molecule has 0 amide bonds. The van der Waals surface area contributed by atoms with Crippen LogP contribution >= 0.6 is 0 Å². The van der Waals surface area contributed by atoms with E-state index in [1.165, 1.54) is 5.71 Å². The molecule has 0 rings (SSSR count). The smallest absolute Gasteiger partial charge is 0.0276 e. The first-order chi connectivity index (χ1) is 4.90. The monoisotopic (exact) mass is 155 g/mol. The Morgan fingerprint density at radius 3 is 2.09 bits per heavy atom. The van der Waals surface area contributed by atoms with Crippen molar-refractivity contribution in [3.05, 3.63) is 0 Å². The zero-order valence-electron chi connectivity index (χ0n) is 8.73. The van der Waals surface area contributed by atoms with Crippen LogP contribution in [0.5, 0.6) is 0 Å². The standard InChI is InChI=1S/C10H21N/c1-8(2)10(4,5)7-9(3)11-6/h8H,7H2,1-6H3. The highest BCUT2D eigenvalue weighted by Gasteiger charge is 2.22. The molecule has 0 aromatic heterocycles. The fourth-order valence-corrected chi connectivity index (χ4v) is 0.943. The molecule has 0 radical (unpaired) electrons. The van der Waals surface area contributed by atoms with Crippen molar-refractivity contribution < 1.29 is 0 Å². The van der Waals surface area contributed by atoms with Gasteiger partial charge < -0.3 is 0 Å². The topological polar surface area (TPSA) is 12.4 Å². The minimum atomic E-state index is 0.392. The molecule has 0 N–H and O–H groups in total. The first-order valence-electron chi connectivity index (χ1n) is 4.32. The first-order valence-corrected chi connectivity index (χ1v) is 4.32. The molecule has 0 atom stereocenters. The molecule has 0 aliphatic carbocycles. The van der Waals surface area contributed by atoms with Crippen LogP contribution in [0.3, 0.4) is 0 Å². The number of nitrogens with zero attached hydrogens (tertiary/aromatic N) is 1. The molecule has 0 unspecified atom stereocenters. The zero-order chi connectivity index (χ0) is 9.07. The lowest BCUT2D eigenvalue weighted by molar-refractivity contribution is 0.261. The normalized spacial score (nSPS) is 14.3. The van der Waals surface area contributed by atoms with Crippen LogP contribution in [0.4, 0.5) is 0 Å². The van der Waals surface area contributed by atoms with Crippen molar-refractivity contribution in [3.8, 4) is 0 Å². The third-order valence-corrected chi connectivity index (χ3v) is 2.66. The average molecular weight is 155 g/mol. The summed E-state index contributed by atoms with van der Waals surface area (Å²) in [6, 6.07) is 0. The number of hydrogen-bond donors (Lipinski definition) is 0. The molecular weight excluding hydrogens is 134 g/mol. The molecule has 0 spiro atoms. The lowest BCUT2D eigenvalue weighted by atomic mass is 9.77. The van der Waals surface area contributed by atoms with E-state index in [1.54, 1.807) is 0 Å². The highest BCUT2D eigenvalue weighted by molar-refractivity contribution is 5.82. The summed E-state index contributed by atoms with van der Waals surface area (Å²) in [6.07, 6.45) is 1.11. The zero-order valence-corrected chi connectivity index (χ0v) is 8.73. The predicted molar refractivity (Wildman–Crippen MR) is 52.3 cm³/mol. The molecule has 1 heteroatoms. The van der Waals surface area contributed by atoms with Crippen molar-refractivity contribution in [2.24, 2.45) is 16.3 Å². The van der Waals surface area contributed by atoms with Gasteiger partial charge in [-0.25, -0.2) is 0 Å². The Labute approximate surface area is 70.9 Å². The molecule has 0 heterocycles. The Hall–Kier alpha value is -0.330. The van der Waals surface area contributed by atoms with E-state index in [2.05, 4.69) is 39.6 Å². The van der Waals surface area contributed by atoms with Crippen LogP contribution in [-0.4, -0.2) is 12.8 Å². The fourth-order valence-electron chi connectivity index (χ4n) is 0.943. The number of hydrogen-bond acceptors (Lipinski definition) is 1. The van der Waals surface area contributed by atoms with Gasteiger partial charge >= 0.3 is 0 Å². The van der Waals surface area contributed by atoms with Gasteiger partial charge in [-0.3, -0.25) is 4.99 Å². The summed E-state index contributed by atoms with van der Waals surface area (Å²) in [7, 11) is 1.87. The van der Waals surface area contributed by atoms with E-state index >= 15 is 0 Å². The molecule has 0 aliphatic rings. The van der Waals surface area contributed by atoms with Crippen molar-refractivity contribution in [3.63, 3.8) is 0 Å². The second-order valence-corrected chi connectivity index (χ2v) is 4.28. The van der Waals surface area contributed by atoms with Gasteiger partial charge in [-0.05, 0) is 24.7 Å². The van der Waals surface area contributed by atoms with Gasteiger partial charge in [0.1, 0.15) is 0 Å². The summed E-state index contributed by atoms with van der Waals surface area (Å²) < 4.78 is 0. The van der Waals surface area contributed by atoms with Gasteiger partial charge in [-0.15, -0.1) is 0 Å². The van der Waals surface area contributed by atoms with Crippen molar-refractivity contribution in [2.45, 2.75) is 41.0 Å². The number of aliphatic imine (C=N–C) groups is 1. The SMILES string of the molecule is CN=C(C)CC(C)(C)C(C)C. The van der Waals surface area contributed by atoms with Crippen LogP contribution in [0, 0.1) is 11.3 Å². The van der Waals surface area contributed by atoms with Gasteiger partial charge in [-0.1, -0.05) is 27.7 Å². The third kappa shape index (κ3) is 3.54. The molecule has 0 saturated heterocycles. The van der Waals surface area contributed by atoms with Crippen molar-refractivity contribution in [2.75, 3.05) is 7.05 Å². The van der Waals surface area contributed by atoms with E-state index in [1.807, 2.05) is 7.05 Å². The van der Waals surface area contributed by atoms with Gasteiger partial charge in [0.25, 0.3) is 0 Å². The average Bonchev–Trinajstić information content (AvgIpc) is 1.86. The fraction of sp³-hybridized carbons (Fsp3) is 0.900. The maximum absolute atomic E-state index is 4.17. The van der Waals surface area contributed by atoms with Crippen LogP contribution in [-0.2, 0) is 0 Å². The van der Waals surface area contributed by atoms with E-state index in [-0.39, 0.29) is 0 Å². The Kier molecular flexibility index (Phi) is 3.77. The lowest BCUT2D eigenvalue weighted by Crippen LogP contribution is -2.22. The van der Waals surface area contributed by atoms with E-state index in [0.717, 1.165) is 12.3 Å². The molecule has 66 valence electrons.